The molecule has 5 heteroatoms. The first kappa shape index (κ1) is 11.5. The number of terminal acetylenes is 1. The van der Waals surface area contributed by atoms with Gasteiger partial charge in [0.15, 0.2) is 0 Å². The molecule has 80 valence electrons. The lowest BCUT2D eigenvalue weighted by molar-refractivity contribution is 0.127. The van der Waals surface area contributed by atoms with E-state index in [2.05, 4.69) is 10.6 Å². The fraction of sp³-hybridized carbons (Fsp3) is 0.778. The molecular weight excluding hydrogens is 202 g/mol. The second-order valence-corrected chi connectivity index (χ2v) is 5.12. The summed E-state index contributed by atoms with van der Waals surface area (Å²) in [6.07, 6.45) is 7.07. The van der Waals surface area contributed by atoms with Gasteiger partial charge in [0.05, 0.1) is 11.9 Å². The largest absolute Gasteiger partial charge is 0.377 e. The van der Waals surface area contributed by atoms with Crippen molar-refractivity contribution in [3.63, 3.8) is 0 Å². The topological polar surface area (TPSA) is 55.4 Å². The van der Waals surface area contributed by atoms with E-state index in [0.29, 0.717) is 19.6 Å². The molecular formula is C9H15NO3S. The number of hydrogen-bond acceptors (Lipinski definition) is 3. The van der Waals surface area contributed by atoms with Crippen LogP contribution in [0.5, 0.6) is 0 Å². The Morgan fingerprint density at radius 1 is 1.57 bits per heavy atom. The molecule has 4 nitrogen and oxygen atoms in total. The Hall–Kier alpha value is -0.570. The molecule has 0 radical (unpaired) electrons. The zero-order valence-electron chi connectivity index (χ0n) is 8.03. The van der Waals surface area contributed by atoms with Crippen molar-refractivity contribution >= 4 is 10.0 Å². The predicted octanol–water partition coefficient (Wildman–Crippen LogP) is 0.108. The Morgan fingerprint density at radius 3 is 2.93 bits per heavy atom. The Bertz CT molecular complexity index is 299. The minimum absolute atomic E-state index is 0.0531. The first-order valence-electron chi connectivity index (χ1n) is 4.66. The molecule has 1 aliphatic rings. The van der Waals surface area contributed by atoms with Gasteiger partial charge in [0.2, 0.25) is 10.0 Å². The molecule has 0 spiro atoms. The van der Waals surface area contributed by atoms with E-state index >= 15 is 0 Å². The molecule has 1 rings (SSSR count). The average Bonchev–Trinajstić information content (AvgIpc) is 2.56. The minimum atomic E-state index is -3.21. The molecule has 1 heterocycles. The molecule has 14 heavy (non-hydrogen) atoms. The number of hydrogen-bond donors (Lipinski definition) is 1. The first-order chi connectivity index (χ1) is 6.64. The van der Waals surface area contributed by atoms with Gasteiger partial charge in [0.25, 0.3) is 0 Å². The van der Waals surface area contributed by atoms with Gasteiger partial charge in [0, 0.05) is 19.6 Å². The monoisotopic (exact) mass is 217 g/mol. The van der Waals surface area contributed by atoms with Gasteiger partial charge in [-0.3, -0.25) is 0 Å². The van der Waals surface area contributed by atoms with Crippen LogP contribution in [-0.4, -0.2) is 33.4 Å². The van der Waals surface area contributed by atoms with Crippen molar-refractivity contribution in [2.24, 2.45) is 0 Å². The van der Waals surface area contributed by atoms with E-state index in [9.17, 15) is 8.42 Å². The fourth-order valence-electron chi connectivity index (χ4n) is 1.36. The molecule has 1 fully saturated rings. The molecule has 0 aromatic rings. The van der Waals surface area contributed by atoms with Crippen LogP contribution in [0.3, 0.4) is 0 Å². The van der Waals surface area contributed by atoms with Gasteiger partial charge in [-0.05, 0) is 12.8 Å². The molecule has 1 N–H and O–H groups in total. The molecule has 1 atom stereocenters. The summed E-state index contributed by atoms with van der Waals surface area (Å²) in [5, 5.41) is 0. The second-order valence-electron chi connectivity index (χ2n) is 3.26. The Balaban J connectivity index is 2.30. The number of nitrogens with one attached hydrogen (secondary N) is 1. The third kappa shape index (κ3) is 4.09. The lowest BCUT2D eigenvalue weighted by Gasteiger charge is -2.10. The van der Waals surface area contributed by atoms with Gasteiger partial charge in [-0.1, -0.05) is 0 Å². The molecule has 1 aliphatic heterocycles. The van der Waals surface area contributed by atoms with Crippen LogP contribution in [0.25, 0.3) is 0 Å². The van der Waals surface area contributed by atoms with Crippen LogP contribution in [0.4, 0.5) is 0 Å². The van der Waals surface area contributed by atoms with Gasteiger partial charge in [-0.15, -0.1) is 12.3 Å². The van der Waals surface area contributed by atoms with Crippen LogP contribution in [0, 0.1) is 12.3 Å². The van der Waals surface area contributed by atoms with Gasteiger partial charge in [-0.25, -0.2) is 13.1 Å². The number of ether oxygens (including phenoxy) is 1. The summed E-state index contributed by atoms with van der Waals surface area (Å²) in [6, 6.07) is 0. The van der Waals surface area contributed by atoms with Gasteiger partial charge >= 0.3 is 0 Å². The highest BCUT2D eigenvalue weighted by molar-refractivity contribution is 7.89. The summed E-state index contributed by atoms with van der Waals surface area (Å²) in [4.78, 5) is 0. The Morgan fingerprint density at radius 2 is 2.36 bits per heavy atom. The van der Waals surface area contributed by atoms with Crippen LogP contribution >= 0.6 is 0 Å². The SMILES string of the molecule is C#CCCNS(=O)(=O)CC1CCCO1. The van der Waals surface area contributed by atoms with E-state index in [4.69, 9.17) is 11.2 Å². The molecule has 0 aromatic carbocycles. The number of sulfonamides is 1. The molecule has 0 aliphatic carbocycles. The molecule has 0 aromatic heterocycles. The summed E-state index contributed by atoms with van der Waals surface area (Å²) in [5.74, 6) is 2.43. The smallest absolute Gasteiger partial charge is 0.214 e. The van der Waals surface area contributed by atoms with Crippen molar-refractivity contribution in [2.45, 2.75) is 25.4 Å². The van der Waals surface area contributed by atoms with E-state index in [1.165, 1.54) is 0 Å². The van der Waals surface area contributed by atoms with E-state index in [1.54, 1.807) is 0 Å². The fourth-order valence-corrected chi connectivity index (χ4v) is 2.64. The van der Waals surface area contributed by atoms with Crippen molar-refractivity contribution in [3.05, 3.63) is 0 Å². The highest BCUT2D eigenvalue weighted by Crippen LogP contribution is 2.13. The van der Waals surface area contributed by atoms with E-state index in [0.717, 1.165) is 12.8 Å². The highest BCUT2D eigenvalue weighted by Gasteiger charge is 2.22. The summed E-state index contributed by atoms with van der Waals surface area (Å²) >= 11 is 0. The zero-order chi connectivity index (χ0) is 10.4. The summed E-state index contributed by atoms with van der Waals surface area (Å²) in [7, 11) is -3.21. The Labute approximate surface area is 85.1 Å². The van der Waals surface area contributed by atoms with Gasteiger partial charge in [0.1, 0.15) is 0 Å². The minimum Gasteiger partial charge on any atom is -0.377 e. The van der Waals surface area contributed by atoms with E-state index in [-0.39, 0.29) is 11.9 Å². The molecule has 0 amide bonds. The van der Waals surface area contributed by atoms with Crippen molar-refractivity contribution in [3.8, 4) is 12.3 Å². The summed E-state index contributed by atoms with van der Waals surface area (Å²) < 4.78 is 30.5. The standard InChI is InChI=1S/C9H15NO3S/c1-2-3-6-10-14(11,12)8-9-5-4-7-13-9/h1,9-10H,3-8H2. The predicted molar refractivity (Wildman–Crippen MR) is 54.2 cm³/mol. The summed E-state index contributed by atoms with van der Waals surface area (Å²) in [6.45, 7) is 0.982. The molecule has 0 saturated carbocycles. The molecule has 1 unspecified atom stereocenters. The third-order valence-corrected chi connectivity index (χ3v) is 3.48. The van der Waals surface area contributed by atoms with Crippen LogP contribution in [0.1, 0.15) is 19.3 Å². The van der Waals surface area contributed by atoms with Crippen LogP contribution < -0.4 is 4.72 Å². The zero-order valence-corrected chi connectivity index (χ0v) is 8.85. The lowest BCUT2D eigenvalue weighted by Crippen LogP contribution is -2.32. The van der Waals surface area contributed by atoms with Crippen molar-refractivity contribution in [1.82, 2.24) is 4.72 Å². The summed E-state index contributed by atoms with van der Waals surface area (Å²) in [5.41, 5.74) is 0. The third-order valence-electron chi connectivity index (χ3n) is 2.02. The Kier molecular flexibility index (Phi) is 4.39. The molecule has 1 saturated heterocycles. The second kappa shape index (κ2) is 5.35. The highest BCUT2D eigenvalue weighted by atomic mass is 32.2. The van der Waals surface area contributed by atoms with Crippen molar-refractivity contribution in [1.29, 1.82) is 0 Å². The maximum atomic E-state index is 11.4. The number of rotatable bonds is 5. The van der Waals surface area contributed by atoms with Crippen LogP contribution in [0.15, 0.2) is 0 Å². The van der Waals surface area contributed by atoms with Crippen molar-refractivity contribution in [2.75, 3.05) is 18.9 Å². The van der Waals surface area contributed by atoms with E-state index < -0.39 is 10.0 Å². The maximum Gasteiger partial charge on any atom is 0.214 e. The lowest BCUT2D eigenvalue weighted by atomic mass is 10.3. The maximum absolute atomic E-state index is 11.4. The first-order valence-corrected chi connectivity index (χ1v) is 6.32. The van der Waals surface area contributed by atoms with Gasteiger partial charge in [-0.2, -0.15) is 0 Å². The van der Waals surface area contributed by atoms with E-state index in [1.807, 2.05) is 0 Å². The van der Waals surface area contributed by atoms with Crippen LogP contribution in [-0.2, 0) is 14.8 Å². The normalized spacial score (nSPS) is 22.1. The van der Waals surface area contributed by atoms with Crippen molar-refractivity contribution < 1.29 is 13.2 Å². The van der Waals surface area contributed by atoms with Gasteiger partial charge < -0.3 is 4.74 Å². The average molecular weight is 217 g/mol. The quantitative estimate of drug-likeness (QED) is 0.525. The molecule has 0 bridgehead atoms. The van der Waals surface area contributed by atoms with Crippen LogP contribution in [0.2, 0.25) is 0 Å².